The summed E-state index contributed by atoms with van der Waals surface area (Å²) >= 11 is 0. The first-order valence-electron chi connectivity index (χ1n) is 14.6. The zero-order valence-electron chi connectivity index (χ0n) is 22.9. The van der Waals surface area contributed by atoms with Gasteiger partial charge in [-0.15, -0.1) is 0 Å². The molecule has 2 aliphatic heterocycles. The van der Waals surface area contributed by atoms with Crippen molar-refractivity contribution < 1.29 is 64.2 Å². The molecule has 0 radical (unpaired) electrons. The predicted molar refractivity (Wildman–Crippen MR) is 133 cm³/mol. The number of carboxylic acid groups (broad SMARTS) is 1. The molecule has 2 saturated heterocycles. The Hall–Kier alpha value is -0.970. The maximum Gasteiger partial charge on any atom is 0.187 e. The molecule has 0 aromatic heterocycles. The average Bonchev–Trinajstić information content (AvgIpc) is 2.95. The Morgan fingerprint density at radius 2 is 1.38 bits per heavy atom. The molecule has 0 aromatic rings. The lowest BCUT2D eigenvalue weighted by molar-refractivity contribution is -0.352. The lowest BCUT2D eigenvalue weighted by Gasteiger charge is -2.46. The molecule has 0 bridgehead atoms. The second kappa shape index (κ2) is 14.5. The summed E-state index contributed by atoms with van der Waals surface area (Å²) in [6.45, 7) is 0.920. The summed E-state index contributed by atoms with van der Waals surface area (Å²) in [6, 6.07) is 0. The molecule has 0 spiro atoms. The van der Waals surface area contributed by atoms with Crippen LogP contribution in [0.15, 0.2) is 0 Å². The first kappa shape index (κ1) is 32.0. The van der Waals surface area contributed by atoms with E-state index in [4.69, 9.17) is 23.7 Å². The van der Waals surface area contributed by atoms with Gasteiger partial charge in [-0.2, -0.15) is 0 Å². The largest absolute Gasteiger partial charge is 0.547 e. The van der Waals surface area contributed by atoms with Gasteiger partial charge in [0, 0.05) is 0 Å². The summed E-state index contributed by atoms with van der Waals surface area (Å²) in [7, 11) is 0. The Morgan fingerprint density at radius 1 is 0.800 bits per heavy atom. The first-order chi connectivity index (χ1) is 19.1. The molecule has 13 nitrogen and oxygen atoms in total. The van der Waals surface area contributed by atoms with Gasteiger partial charge in [0.25, 0.3) is 0 Å². The van der Waals surface area contributed by atoms with Gasteiger partial charge in [0.2, 0.25) is 0 Å². The number of aliphatic hydroxyl groups is 6. The van der Waals surface area contributed by atoms with Crippen LogP contribution in [0, 0.1) is 5.92 Å². The van der Waals surface area contributed by atoms with Crippen LogP contribution in [-0.4, -0.2) is 123 Å². The van der Waals surface area contributed by atoms with Crippen LogP contribution in [0.4, 0.5) is 0 Å². The van der Waals surface area contributed by atoms with E-state index in [-0.39, 0.29) is 12.3 Å². The van der Waals surface area contributed by atoms with Crippen LogP contribution in [0.1, 0.15) is 71.1 Å². The van der Waals surface area contributed by atoms with Gasteiger partial charge >= 0.3 is 0 Å². The molecule has 2 heterocycles. The van der Waals surface area contributed by atoms with E-state index in [1.54, 1.807) is 6.92 Å². The van der Waals surface area contributed by atoms with E-state index in [0.29, 0.717) is 12.8 Å². The van der Waals surface area contributed by atoms with Crippen molar-refractivity contribution in [1.82, 2.24) is 0 Å². The molecule has 4 fully saturated rings. The number of rotatable bonds is 10. The molecular weight excluding hydrogens is 532 g/mol. The number of aliphatic carboxylic acids is 1. The third-order valence-electron chi connectivity index (χ3n) is 8.75. The molecule has 6 N–H and O–H groups in total. The Kier molecular flexibility index (Phi) is 11.6. The van der Waals surface area contributed by atoms with E-state index in [0.717, 1.165) is 44.9 Å². The highest BCUT2D eigenvalue weighted by molar-refractivity contribution is 5.70. The number of carboxylic acids is 1. The quantitative estimate of drug-likeness (QED) is 0.167. The minimum atomic E-state index is -1.60. The fourth-order valence-corrected chi connectivity index (χ4v) is 6.29. The van der Waals surface area contributed by atoms with Crippen molar-refractivity contribution in [2.75, 3.05) is 6.61 Å². The molecule has 0 unspecified atom stereocenters. The summed E-state index contributed by atoms with van der Waals surface area (Å²) in [6.07, 6.45) is -8.50. The standard InChI is InChI=1S/C27H46O13/c1-13-19(29)21(31)22(32)26(36-13)38-15-9-5-6-10-16(15)39-27-23(33)24(20(30)18(12-28)40-27)37-17(25(34)35)11-14-7-3-2-4-8-14/h13-24,26-33H,2-12H2,1H3,(H,34,35)/p-1/t13-,15+,16+,17-,18-,19+,20-,21-,22-,23-,24-,26-,27+/m0/s1. The molecule has 4 rings (SSSR count). The summed E-state index contributed by atoms with van der Waals surface area (Å²) in [5.74, 6) is -1.31. The van der Waals surface area contributed by atoms with Gasteiger partial charge in [-0.25, -0.2) is 0 Å². The lowest BCUT2D eigenvalue weighted by atomic mass is 9.85. The predicted octanol–water partition coefficient (Wildman–Crippen LogP) is -1.93. The highest BCUT2D eigenvalue weighted by atomic mass is 16.7. The lowest BCUT2D eigenvalue weighted by Crippen LogP contribution is -2.63. The van der Waals surface area contributed by atoms with Crippen LogP contribution < -0.4 is 5.11 Å². The van der Waals surface area contributed by atoms with Gasteiger partial charge in [-0.3, -0.25) is 0 Å². The van der Waals surface area contributed by atoms with Crippen molar-refractivity contribution in [3.63, 3.8) is 0 Å². The van der Waals surface area contributed by atoms with Crippen molar-refractivity contribution >= 4 is 5.97 Å². The highest BCUT2D eigenvalue weighted by Gasteiger charge is 2.49. The summed E-state index contributed by atoms with van der Waals surface area (Å²) in [5.41, 5.74) is 0. The minimum absolute atomic E-state index is 0.131. The van der Waals surface area contributed by atoms with E-state index in [1.807, 2.05) is 0 Å². The average molecular weight is 578 g/mol. The fourth-order valence-electron chi connectivity index (χ4n) is 6.29. The van der Waals surface area contributed by atoms with Crippen LogP contribution in [0.2, 0.25) is 0 Å². The van der Waals surface area contributed by atoms with Crippen molar-refractivity contribution in [1.29, 1.82) is 0 Å². The van der Waals surface area contributed by atoms with Crippen LogP contribution in [0.25, 0.3) is 0 Å². The molecule has 40 heavy (non-hydrogen) atoms. The molecule has 4 aliphatic rings. The van der Waals surface area contributed by atoms with Gasteiger partial charge in [0.1, 0.15) is 42.7 Å². The van der Waals surface area contributed by atoms with E-state index in [2.05, 4.69) is 0 Å². The molecule has 2 aliphatic carbocycles. The number of carbonyl (C=O) groups excluding carboxylic acids is 1. The number of ether oxygens (including phenoxy) is 5. The first-order valence-corrected chi connectivity index (χ1v) is 14.6. The van der Waals surface area contributed by atoms with Gasteiger partial charge in [0.15, 0.2) is 12.6 Å². The van der Waals surface area contributed by atoms with Crippen molar-refractivity contribution in [3.8, 4) is 0 Å². The third kappa shape index (κ3) is 7.51. The molecule has 2 saturated carbocycles. The van der Waals surface area contributed by atoms with Crippen LogP contribution >= 0.6 is 0 Å². The molecule has 232 valence electrons. The van der Waals surface area contributed by atoms with Gasteiger partial charge in [-0.05, 0) is 32.1 Å². The summed E-state index contributed by atoms with van der Waals surface area (Å²) in [5, 5.41) is 74.2. The molecule has 0 aromatic carbocycles. The van der Waals surface area contributed by atoms with Gasteiger partial charge in [-0.1, -0.05) is 44.9 Å². The summed E-state index contributed by atoms with van der Waals surface area (Å²) < 4.78 is 29.1. The normalized spacial score (nSPS) is 44.3. The third-order valence-corrected chi connectivity index (χ3v) is 8.75. The van der Waals surface area contributed by atoms with Crippen molar-refractivity contribution in [3.05, 3.63) is 0 Å². The second-order valence-electron chi connectivity index (χ2n) is 11.7. The van der Waals surface area contributed by atoms with Crippen molar-refractivity contribution in [2.24, 2.45) is 5.92 Å². The smallest absolute Gasteiger partial charge is 0.187 e. The Labute approximate surface area is 233 Å². The maximum absolute atomic E-state index is 11.9. The molecule has 13 atom stereocenters. The SMILES string of the molecule is C[C@@H]1O[C@@H](O[C@@H]2CCCC[C@H]2O[C@@H]2O[C@@H](CO)[C@H](O)[C@H](O[C@@H](CC3CCCCC3)C(=O)[O-])[C@@H]2O)[C@@H](O)[C@@H](O)[C@@H]1O. The van der Waals surface area contributed by atoms with Crippen LogP contribution in [0.5, 0.6) is 0 Å². The van der Waals surface area contributed by atoms with E-state index < -0.39 is 92.3 Å². The second-order valence-corrected chi connectivity index (χ2v) is 11.7. The topological polar surface area (TPSA) is 208 Å². The maximum atomic E-state index is 11.9. The zero-order chi connectivity index (χ0) is 29.0. The molecular formula is C27H45O13-. The van der Waals surface area contributed by atoms with Crippen LogP contribution in [-0.2, 0) is 28.5 Å². The van der Waals surface area contributed by atoms with E-state index in [9.17, 15) is 40.5 Å². The molecule has 0 amide bonds. The zero-order valence-corrected chi connectivity index (χ0v) is 22.9. The van der Waals surface area contributed by atoms with Crippen molar-refractivity contribution in [2.45, 2.75) is 151 Å². The molecule has 13 heteroatoms. The monoisotopic (exact) mass is 577 g/mol. The Balaban J connectivity index is 1.43. The van der Waals surface area contributed by atoms with Gasteiger partial charge < -0.3 is 64.2 Å². The van der Waals surface area contributed by atoms with E-state index >= 15 is 0 Å². The summed E-state index contributed by atoms with van der Waals surface area (Å²) in [4.78, 5) is 11.9. The number of aliphatic hydroxyl groups excluding tert-OH is 6. The minimum Gasteiger partial charge on any atom is -0.547 e. The Morgan fingerprint density at radius 3 is 1.95 bits per heavy atom. The number of hydrogen-bond acceptors (Lipinski definition) is 13. The number of hydrogen-bond donors (Lipinski definition) is 6. The Bertz CT molecular complexity index is 794. The van der Waals surface area contributed by atoms with Gasteiger partial charge in [0.05, 0.1) is 37.0 Å². The highest BCUT2D eigenvalue weighted by Crippen LogP contribution is 2.34. The fraction of sp³-hybridized carbons (Fsp3) is 0.963. The van der Waals surface area contributed by atoms with Crippen LogP contribution in [0.3, 0.4) is 0 Å². The number of carbonyl (C=O) groups is 1. The van der Waals surface area contributed by atoms with E-state index in [1.165, 1.54) is 0 Å².